The van der Waals surface area contributed by atoms with Gasteiger partial charge >= 0.3 is 0 Å². The molecule has 5 heteroatoms. The van der Waals surface area contributed by atoms with E-state index in [1.807, 2.05) is 34.1 Å². The lowest BCUT2D eigenvalue weighted by Crippen LogP contribution is -2.43. The maximum Gasteiger partial charge on any atom is 0.225 e. The first kappa shape index (κ1) is 17.8. The van der Waals surface area contributed by atoms with E-state index in [-0.39, 0.29) is 11.8 Å². The van der Waals surface area contributed by atoms with Gasteiger partial charge in [-0.1, -0.05) is 12.1 Å². The lowest BCUT2D eigenvalue weighted by atomic mass is 9.95. The summed E-state index contributed by atoms with van der Waals surface area (Å²) in [5, 5.41) is 0. The van der Waals surface area contributed by atoms with Crippen LogP contribution in [0.2, 0.25) is 0 Å². The Labute approximate surface area is 149 Å². The van der Waals surface area contributed by atoms with Gasteiger partial charge in [-0.15, -0.1) is 0 Å². The van der Waals surface area contributed by atoms with E-state index < -0.39 is 0 Å². The Balaban J connectivity index is 1.44. The third-order valence-electron chi connectivity index (χ3n) is 5.38. The van der Waals surface area contributed by atoms with Crippen molar-refractivity contribution in [2.75, 3.05) is 33.3 Å². The Bertz CT molecular complexity index is 603. The van der Waals surface area contributed by atoms with E-state index in [0.29, 0.717) is 25.4 Å². The summed E-state index contributed by atoms with van der Waals surface area (Å²) in [5.74, 6) is 1.43. The molecule has 136 valence electrons. The summed E-state index contributed by atoms with van der Waals surface area (Å²) in [7, 11) is 1.65. The predicted molar refractivity (Wildman–Crippen MR) is 96.4 cm³/mol. The fraction of sp³-hybridized carbons (Fsp3) is 0.600. The number of ether oxygens (including phenoxy) is 1. The minimum absolute atomic E-state index is 0.112. The number of carbonyl (C=O) groups is 2. The number of piperidine rings is 1. The minimum atomic E-state index is 0.112. The molecule has 0 atom stereocenters. The van der Waals surface area contributed by atoms with Crippen LogP contribution in [-0.2, 0) is 16.0 Å². The molecule has 0 saturated carbocycles. The van der Waals surface area contributed by atoms with Crippen LogP contribution in [0.3, 0.4) is 0 Å². The van der Waals surface area contributed by atoms with Gasteiger partial charge in [-0.05, 0) is 49.8 Å². The molecule has 0 aromatic heterocycles. The zero-order valence-corrected chi connectivity index (χ0v) is 15.1. The van der Waals surface area contributed by atoms with Crippen molar-refractivity contribution in [1.82, 2.24) is 9.80 Å². The third kappa shape index (κ3) is 4.53. The van der Waals surface area contributed by atoms with Crippen LogP contribution in [0.15, 0.2) is 24.3 Å². The maximum absolute atomic E-state index is 12.5. The van der Waals surface area contributed by atoms with Crippen molar-refractivity contribution >= 4 is 11.8 Å². The molecule has 2 fully saturated rings. The van der Waals surface area contributed by atoms with E-state index in [9.17, 15) is 9.59 Å². The van der Waals surface area contributed by atoms with Crippen molar-refractivity contribution in [3.8, 4) is 5.75 Å². The summed E-state index contributed by atoms with van der Waals surface area (Å²) < 4.78 is 5.22. The van der Waals surface area contributed by atoms with E-state index in [4.69, 9.17) is 4.74 Å². The molecule has 5 nitrogen and oxygen atoms in total. The number of hydrogen-bond donors (Lipinski definition) is 0. The van der Waals surface area contributed by atoms with Crippen LogP contribution >= 0.6 is 0 Å². The van der Waals surface area contributed by atoms with Crippen LogP contribution < -0.4 is 4.74 Å². The summed E-state index contributed by atoms with van der Waals surface area (Å²) in [5.41, 5.74) is 1.12. The van der Waals surface area contributed by atoms with Gasteiger partial charge in [0.25, 0.3) is 0 Å². The van der Waals surface area contributed by atoms with E-state index in [0.717, 1.165) is 56.5 Å². The molecule has 2 aliphatic heterocycles. The van der Waals surface area contributed by atoms with Gasteiger partial charge in [-0.3, -0.25) is 9.59 Å². The van der Waals surface area contributed by atoms with Gasteiger partial charge in [-0.25, -0.2) is 0 Å². The number of nitrogens with zero attached hydrogens (tertiary/aromatic N) is 2. The van der Waals surface area contributed by atoms with Gasteiger partial charge in [0, 0.05) is 38.5 Å². The first-order valence-electron chi connectivity index (χ1n) is 9.37. The number of aryl methyl sites for hydroxylation is 1. The SMILES string of the molecule is COc1cccc(CCC(=O)N2CCC(C(=O)N3CCCC3)CC2)c1. The standard InChI is InChI=1S/C20H28N2O3/c1-25-18-6-4-5-16(15-18)7-8-19(23)21-13-9-17(10-14-21)20(24)22-11-2-3-12-22/h4-6,15,17H,2-3,7-14H2,1H3. The Hall–Kier alpha value is -2.04. The average molecular weight is 344 g/mol. The molecule has 0 unspecified atom stereocenters. The second-order valence-corrected chi connectivity index (χ2v) is 7.04. The van der Waals surface area contributed by atoms with Crippen molar-refractivity contribution in [2.24, 2.45) is 5.92 Å². The first-order chi connectivity index (χ1) is 12.2. The number of benzene rings is 1. The number of rotatable bonds is 5. The normalized spacial score (nSPS) is 18.4. The zero-order valence-electron chi connectivity index (χ0n) is 15.1. The molecule has 2 heterocycles. The Kier molecular flexibility index (Phi) is 5.95. The minimum Gasteiger partial charge on any atom is -0.497 e. The fourth-order valence-electron chi connectivity index (χ4n) is 3.81. The summed E-state index contributed by atoms with van der Waals surface area (Å²) in [6.45, 7) is 3.25. The van der Waals surface area contributed by atoms with Crippen molar-refractivity contribution in [2.45, 2.75) is 38.5 Å². The van der Waals surface area contributed by atoms with E-state index in [1.54, 1.807) is 7.11 Å². The lowest BCUT2D eigenvalue weighted by Gasteiger charge is -2.33. The quantitative estimate of drug-likeness (QED) is 0.825. The first-order valence-corrected chi connectivity index (χ1v) is 9.37. The highest BCUT2D eigenvalue weighted by atomic mass is 16.5. The van der Waals surface area contributed by atoms with Crippen LogP contribution in [0, 0.1) is 5.92 Å². The third-order valence-corrected chi connectivity index (χ3v) is 5.38. The maximum atomic E-state index is 12.5. The average Bonchev–Trinajstić information content (AvgIpc) is 3.20. The summed E-state index contributed by atoms with van der Waals surface area (Å²) in [6, 6.07) is 7.87. The monoisotopic (exact) mass is 344 g/mol. The second kappa shape index (κ2) is 8.37. The molecule has 0 spiro atoms. The van der Waals surface area contributed by atoms with Gasteiger partial charge < -0.3 is 14.5 Å². The van der Waals surface area contributed by atoms with Crippen LogP contribution in [0.1, 0.15) is 37.7 Å². The van der Waals surface area contributed by atoms with Crippen LogP contribution in [0.4, 0.5) is 0 Å². The number of likely N-dealkylation sites (tertiary alicyclic amines) is 2. The molecule has 2 amide bonds. The molecule has 0 bridgehead atoms. The van der Waals surface area contributed by atoms with Gasteiger partial charge in [0.15, 0.2) is 0 Å². The van der Waals surface area contributed by atoms with Crippen molar-refractivity contribution in [3.63, 3.8) is 0 Å². The van der Waals surface area contributed by atoms with Crippen LogP contribution in [0.25, 0.3) is 0 Å². The van der Waals surface area contributed by atoms with Gasteiger partial charge in [0.2, 0.25) is 11.8 Å². The van der Waals surface area contributed by atoms with Crippen molar-refractivity contribution in [3.05, 3.63) is 29.8 Å². The lowest BCUT2D eigenvalue weighted by molar-refractivity contribution is -0.140. The summed E-state index contributed by atoms with van der Waals surface area (Å²) in [6.07, 6.45) is 5.11. The van der Waals surface area contributed by atoms with Gasteiger partial charge in [-0.2, -0.15) is 0 Å². The van der Waals surface area contributed by atoms with E-state index in [1.165, 1.54) is 0 Å². The van der Waals surface area contributed by atoms with Crippen molar-refractivity contribution in [1.29, 1.82) is 0 Å². The molecule has 2 aliphatic rings. The molecule has 1 aromatic rings. The number of carbonyl (C=O) groups excluding carboxylic acids is 2. The number of hydrogen-bond acceptors (Lipinski definition) is 3. The molecule has 0 N–H and O–H groups in total. The number of methoxy groups -OCH3 is 1. The summed E-state index contributed by atoms with van der Waals surface area (Å²) in [4.78, 5) is 28.8. The predicted octanol–water partition coefficient (Wildman–Crippen LogP) is 2.49. The highest BCUT2D eigenvalue weighted by Crippen LogP contribution is 2.23. The molecule has 0 radical (unpaired) electrons. The topological polar surface area (TPSA) is 49.9 Å². The molecular formula is C20H28N2O3. The van der Waals surface area contributed by atoms with Gasteiger partial charge in [0.1, 0.15) is 5.75 Å². The highest BCUT2D eigenvalue weighted by Gasteiger charge is 2.30. The Morgan fingerprint density at radius 3 is 2.48 bits per heavy atom. The number of amides is 2. The largest absolute Gasteiger partial charge is 0.497 e. The fourth-order valence-corrected chi connectivity index (χ4v) is 3.81. The second-order valence-electron chi connectivity index (χ2n) is 7.04. The Morgan fingerprint density at radius 2 is 1.80 bits per heavy atom. The molecule has 1 aromatic carbocycles. The smallest absolute Gasteiger partial charge is 0.225 e. The highest BCUT2D eigenvalue weighted by molar-refractivity contribution is 5.80. The Morgan fingerprint density at radius 1 is 1.08 bits per heavy atom. The van der Waals surface area contributed by atoms with E-state index in [2.05, 4.69) is 0 Å². The van der Waals surface area contributed by atoms with Gasteiger partial charge in [0.05, 0.1) is 7.11 Å². The zero-order chi connectivity index (χ0) is 17.6. The van der Waals surface area contributed by atoms with E-state index >= 15 is 0 Å². The summed E-state index contributed by atoms with van der Waals surface area (Å²) >= 11 is 0. The molecule has 0 aliphatic carbocycles. The van der Waals surface area contributed by atoms with Crippen molar-refractivity contribution < 1.29 is 14.3 Å². The van der Waals surface area contributed by atoms with Crippen LogP contribution in [0.5, 0.6) is 5.75 Å². The van der Waals surface area contributed by atoms with Crippen LogP contribution in [-0.4, -0.2) is 54.9 Å². The molecule has 25 heavy (non-hydrogen) atoms. The molecular weight excluding hydrogens is 316 g/mol. The molecule has 3 rings (SSSR count). The molecule has 2 saturated heterocycles.